The van der Waals surface area contributed by atoms with Crippen LogP contribution in [0.5, 0.6) is 0 Å². The molecular formula is C20H18N2O4. The minimum Gasteiger partial charge on any atom is -0.378 e. The Morgan fingerprint density at radius 1 is 0.923 bits per heavy atom. The predicted molar refractivity (Wildman–Crippen MR) is 97.1 cm³/mol. The van der Waals surface area contributed by atoms with Crippen molar-refractivity contribution in [3.63, 3.8) is 0 Å². The van der Waals surface area contributed by atoms with Crippen LogP contribution in [-0.4, -0.2) is 43.9 Å². The van der Waals surface area contributed by atoms with Gasteiger partial charge in [0.05, 0.1) is 35.7 Å². The summed E-state index contributed by atoms with van der Waals surface area (Å²) in [4.78, 5) is 40.9. The van der Waals surface area contributed by atoms with Crippen molar-refractivity contribution in [1.29, 1.82) is 0 Å². The summed E-state index contributed by atoms with van der Waals surface area (Å²) in [6.45, 7) is 3.95. The summed E-state index contributed by atoms with van der Waals surface area (Å²) in [6, 6.07) is 12.0. The molecule has 0 aromatic heterocycles. The van der Waals surface area contributed by atoms with Crippen molar-refractivity contribution >= 4 is 29.0 Å². The Balaban J connectivity index is 1.84. The van der Waals surface area contributed by atoms with E-state index in [2.05, 4.69) is 4.90 Å². The van der Waals surface area contributed by atoms with E-state index in [9.17, 15) is 14.4 Å². The van der Waals surface area contributed by atoms with Gasteiger partial charge in [0, 0.05) is 18.7 Å². The van der Waals surface area contributed by atoms with Gasteiger partial charge in [-0.3, -0.25) is 14.4 Å². The lowest BCUT2D eigenvalue weighted by molar-refractivity contribution is 0.0923. The second-order valence-electron chi connectivity index (χ2n) is 6.35. The number of benzene rings is 2. The zero-order valence-corrected chi connectivity index (χ0v) is 14.4. The maximum atomic E-state index is 12.9. The first kappa shape index (κ1) is 16.5. The smallest absolute Gasteiger partial charge is 0.266 e. The molecule has 2 aliphatic rings. The second kappa shape index (κ2) is 6.38. The molecule has 0 N–H and O–H groups in total. The van der Waals surface area contributed by atoms with Gasteiger partial charge in [-0.25, -0.2) is 4.90 Å². The van der Waals surface area contributed by atoms with E-state index in [0.717, 1.165) is 5.69 Å². The third-order valence-electron chi connectivity index (χ3n) is 4.77. The quantitative estimate of drug-likeness (QED) is 0.629. The number of rotatable bonds is 3. The molecule has 2 aromatic rings. The molecule has 26 heavy (non-hydrogen) atoms. The molecular weight excluding hydrogens is 332 g/mol. The molecule has 132 valence electrons. The molecule has 6 heteroatoms. The molecule has 0 aliphatic carbocycles. The fraction of sp³-hybridized carbons (Fsp3) is 0.250. The van der Waals surface area contributed by atoms with Gasteiger partial charge in [-0.1, -0.05) is 12.1 Å². The Labute approximate surface area is 151 Å². The highest BCUT2D eigenvalue weighted by Crippen LogP contribution is 2.36. The molecule has 1 saturated heterocycles. The van der Waals surface area contributed by atoms with Crippen LogP contribution in [0.3, 0.4) is 0 Å². The normalized spacial score (nSPS) is 16.8. The van der Waals surface area contributed by atoms with Gasteiger partial charge in [-0.15, -0.1) is 0 Å². The van der Waals surface area contributed by atoms with Crippen LogP contribution >= 0.6 is 0 Å². The van der Waals surface area contributed by atoms with E-state index in [1.807, 2.05) is 0 Å². The Hall–Kier alpha value is -2.99. The van der Waals surface area contributed by atoms with Gasteiger partial charge in [0.25, 0.3) is 11.8 Å². The fourth-order valence-electron chi connectivity index (χ4n) is 3.40. The van der Waals surface area contributed by atoms with Gasteiger partial charge < -0.3 is 9.64 Å². The summed E-state index contributed by atoms with van der Waals surface area (Å²) in [6.07, 6.45) is 0. The van der Waals surface area contributed by atoms with Crippen LogP contribution in [0, 0.1) is 0 Å². The predicted octanol–water partition coefficient (Wildman–Crippen LogP) is 2.53. The number of Topliss-reactive ketones (excluding diaryl/α,β-unsaturated/α-hetero) is 1. The minimum atomic E-state index is -0.360. The number of ketones is 1. The summed E-state index contributed by atoms with van der Waals surface area (Å²) in [7, 11) is 0. The summed E-state index contributed by atoms with van der Waals surface area (Å²) in [5.74, 6) is -0.835. The number of hydrogen-bond donors (Lipinski definition) is 0. The monoisotopic (exact) mass is 350 g/mol. The highest BCUT2D eigenvalue weighted by molar-refractivity contribution is 6.35. The second-order valence-corrected chi connectivity index (χ2v) is 6.35. The van der Waals surface area contributed by atoms with Crippen LogP contribution in [0.15, 0.2) is 42.5 Å². The van der Waals surface area contributed by atoms with Gasteiger partial charge in [-0.2, -0.15) is 0 Å². The van der Waals surface area contributed by atoms with Gasteiger partial charge in [0.15, 0.2) is 5.78 Å². The van der Waals surface area contributed by atoms with Crippen molar-refractivity contribution in [1.82, 2.24) is 0 Å². The highest BCUT2D eigenvalue weighted by atomic mass is 16.5. The van der Waals surface area contributed by atoms with Crippen LogP contribution < -0.4 is 9.80 Å². The summed E-state index contributed by atoms with van der Waals surface area (Å²) < 4.78 is 5.40. The fourth-order valence-corrected chi connectivity index (χ4v) is 3.40. The number of morpholine rings is 1. The standard InChI is InChI=1S/C20H18N2O4/c1-13(23)14-6-7-17(21-8-10-26-11-9-21)18(12-14)22-19(24)15-4-2-3-5-16(15)20(22)25/h2-7,12H,8-11H2,1H3. The number of nitrogens with zero attached hydrogens (tertiary/aromatic N) is 2. The van der Waals surface area contributed by atoms with E-state index in [4.69, 9.17) is 4.74 Å². The molecule has 0 bridgehead atoms. The first-order chi connectivity index (χ1) is 12.6. The van der Waals surface area contributed by atoms with Crippen LogP contribution in [0.25, 0.3) is 0 Å². The number of fused-ring (bicyclic) bond motifs is 1. The average molecular weight is 350 g/mol. The van der Waals surface area contributed by atoms with E-state index >= 15 is 0 Å². The molecule has 0 spiro atoms. The maximum absolute atomic E-state index is 12.9. The Morgan fingerprint density at radius 3 is 2.12 bits per heavy atom. The van der Waals surface area contributed by atoms with Crippen LogP contribution in [0.4, 0.5) is 11.4 Å². The maximum Gasteiger partial charge on any atom is 0.266 e. The van der Waals surface area contributed by atoms with Crippen molar-refractivity contribution in [2.24, 2.45) is 0 Å². The van der Waals surface area contributed by atoms with Crippen molar-refractivity contribution in [2.45, 2.75) is 6.92 Å². The lowest BCUT2D eigenvalue weighted by Gasteiger charge is -2.32. The van der Waals surface area contributed by atoms with E-state index in [1.165, 1.54) is 11.8 Å². The first-order valence-electron chi connectivity index (χ1n) is 8.53. The molecule has 0 radical (unpaired) electrons. The van der Waals surface area contributed by atoms with Gasteiger partial charge in [0.1, 0.15) is 0 Å². The first-order valence-corrected chi connectivity index (χ1v) is 8.53. The molecule has 0 saturated carbocycles. The number of anilines is 2. The molecule has 0 unspecified atom stereocenters. The highest BCUT2D eigenvalue weighted by Gasteiger charge is 2.38. The number of carbonyl (C=O) groups is 3. The van der Waals surface area contributed by atoms with Crippen molar-refractivity contribution in [3.05, 3.63) is 59.2 Å². The van der Waals surface area contributed by atoms with Crippen LogP contribution in [0.2, 0.25) is 0 Å². The molecule has 1 fully saturated rings. The molecule has 2 aliphatic heterocycles. The summed E-state index contributed by atoms with van der Waals surface area (Å²) in [5, 5.41) is 0. The van der Waals surface area contributed by atoms with Crippen LogP contribution in [-0.2, 0) is 4.74 Å². The molecule has 6 nitrogen and oxygen atoms in total. The number of ether oxygens (including phenoxy) is 1. The molecule has 2 heterocycles. The van der Waals surface area contributed by atoms with E-state index in [-0.39, 0.29) is 17.6 Å². The SMILES string of the molecule is CC(=O)c1ccc(N2CCOCC2)c(N2C(=O)c3ccccc3C2=O)c1. The van der Waals surface area contributed by atoms with Crippen molar-refractivity contribution in [2.75, 3.05) is 36.1 Å². The van der Waals surface area contributed by atoms with Gasteiger partial charge in [-0.05, 0) is 37.3 Å². The summed E-state index contributed by atoms with van der Waals surface area (Å²) in [5.41, 5.74) is 2.45. The number of carbonyl (C=O) groups excluding carboxylic acids is 3. The Kier molecular flexibility index (Phi) is 4.05. The number of hydrogen-bond acceptors (Lipinski definition) is 5. The minimum absolute atomic E-state index is 0.114. The van der Waals surface area contributed by atoms with Crippen molar-refractivity contribution < 1.29 is 19.1 Å². The van der Waals surface area contributed by atoms with Crippen LogP contribution in [0.1, 0.15) is 38.0 Å². The zero-order valence-electron chi connectivity index (χ0n) is 14.4. The topological polar surface area (TPSA) is 66.9 Å². The third kappa shape index (κ3) is 2.59. The van der Waals surface area contributed by atoms with Gasteiger partial charge >= 0.3 is 0 Å². The Morgan fingerprint density at radius 2 is 1.54 bits per heavy atom. The lowest BCUT2D eigenvalue weighted by atomic mass is 10.1. The van der Waals surface area contributed by atoms with E-state index in [0.29, 0.717) is 48.7 Å². The average Bonchev–Trinajstić information content (AvgIpc) is 2.93. The lowest BCUT2D eigenvalue weighted by Crippen LogP contribution is -2.38. The number of amides is 2. The zero-order chi connectivity index (χ0) is 18.3. The Bertz CT molecular complexity index is 881. The largest absolute Gasteiger partial charge is 0.378 e. The van der Waals surface area contributed by atoms with E-state index in [1.54, 1.807) is 42.5 Å². The molecule has 0 atom stereocenters. The molecule has 2 aromatic carbocycles. The van der Waals surface area contributed by atoms with Crippen molar-refractivity contribution in [3.8, 4) is 0 Å². The third-order valence-corrected chi connectivity index (χ3v) is 4.77. The molecule has 4 rings (SSSR count). The van der Waals surface area contributed by atoms with Gasteiger partial charge in [0.2, 0.25) is 0 Å². The summed E-state index contributed by atoms with van der Waals surface area (Å²) >= 11 is 0. The number of imide groups is 1. The van der Waals surface area contributed by atoms with E-state index < -0.39 is 0 Å². The molecule has 2 amide bonds.